The smallest absolute Gasteiger partial charge is 0.123 e. The number of hydrogen-bond acceptors (Lipinski definition) is 3. The lowest BCUT2D eigenvalue weighted by molar-refractivity contribution is 0.394. The average Bonchev–Trinajstić information content (AvgIpc) is 2.38. The molecule has 104 valence electrons. The summed E-state index contributed by atoms with van der Waals surface area (Å²) < 4.78 is 5.28. The Morgan fingerprint density at radius 2 is 2.21 bits per heavy atom. The molecule has 1 aliphatic carbocycles. The number of amidine groups is 1. The van der Waals surface area contributed by atoms with Gasteiger partial charge in [0.15, 0.2) is 0 Å². The topological polar surface area (TPSA) is 59.1 Å². The maximum atomic E-state index is 7.68. The lowest BCUT2D eigenvalue weighted by Crippen LogP contribution is -2.17. The Labute approximate surface area is 119 Å². The second-order valence-corrected chi connectivity index (χ2v) is 6.63. The number of benzene rings is 1. The van der Waals surface area contributed by atoms with Crippen LogP contribution in [-0.2, 0) is 0 Å². The number of thioether (sulfide) groups is 1. The zero-order valence-electron chi connectivity index (χ0n) is 11.6. The van der Waals surface area contributed by atoms with Crippen LogP contribution in [-0.4, -0.2) is 18.2 Å². The van der Waals surface area contributed by atoms with E-state index >= 15 is 0 Å². The predicted octanol–water partition coefficient (Wildman–Crippen LogP) is 3.65. The second kappa shape index (κ2) is 6.33. The largest absolute Gasteiger partial charge is 0.497 e. The van der Waals surface area contributed by atoms with E-state index in [0.717, 1.165) is 22.1 Å². The molecule has 1 saturated carbocycles. The van der Waals surface area contributed by atoms with Gasteiger partial charge in [-0.1, -0.05) is 19.8 Å². The van der Waals surface area contributed by atoms with Crippen molar-refractivity contribution in [2.45, 2.75) is 42.8 Å². The van der Waals surface area contributed by atoms with Gasteiger partial charge < -0.3 is 10.5 Å². The lowest BCUT2D eigenvalue weighted by atomic mass is 9.91. The molecular weight excluding hydrogens is 256 g/mol. The molecule has 0 heterocycles. The van der Waals surface area contributed by atoms with Gasteiger partial charge in [-0.05, 0) is 37.0 Å². The summed E-state index contributed by atoms with van der Waals surface area (Å²) in [6, 6.07) is 5.75. The van der Waals surface area contributed by atoms with E-state index in [-0.39, 0.29) is 5.84 Å². The van der Waals surface area contributed by atoms with Crippen LogP contribution in [0.25, 0.3) is 0 Å². The van der Waals surface area contributed by atoms with Crippen molar-refractivity contribution in [2.24, 2.45) is 11.7 Å². The van der Waals surface area contributed by atoms with Gasteiger partial charge in [0.25, 0.3) is 0 Å². The highest BCUT2D eigenvalue weighted by Gasteiger charge is 2.21. The van der Waals surface area contributed by atoms with Crippen LogP contribution in [0.15, 0.2) is 23.1 Å². The van der Waals surface area contributed by atoms with Gasteiger partial charge in [-0.3, -0.25) is 5.41 Å². The maximum Gasteiger partial charge on any atom is 0.123 e. The zero-order valence-corrected chi connectivity index (χ0v) is 12.4. The molecule has 3 nitrogen and oxygen atoms in total. The summed E-state index contributed by atoms with van der Waals surface area (Å²) in [6.45, 7) is 2.32. The van der Waals surface area contributed by atoms with Crippen molar-refractivity contribution in [1.82, 2.24) is 0 Å². The van der Waals surface area contributed by atoms with Crippen LogP contribution in [0.2, 0.25) is 0 Å². The summed E-state index contributed by atoms with van der Waals surface area (Å²) in [5.74, 6) is 1.77. The Morgan fingerprint density at radius 1 is 1.42 bits per heavy atom. The summed E-state index contributed by atoms with van der Waals surface area (Å²) in [5, 5.41) is 8.32. The van der Waals surface area contributed by atoms with Crippen molar-refractivity contribution in [1.29, 1.82) is 5.41 Å². The Hall–Kier alpha value is -1.16. The molecular formula is C15H22N2OS. The van der Waals surface area contributed by atoms with Crippen molar-refractivity contribution in [3.8, 4) is 5.75 Å². The van der Waals surface area contributed by atoms with Crippen LogP contribution in [0.5, 0.6) is 5.75 Å². The monoisotopic (exact) mass is 278 g/mol. The number of rotatable bonds is 4. The SMILES string of the molecule is COc1ccc(C(=N)N)c(SC2CCCC(C)C2)c1. The average molecular weight is 278 g/mol. The maximum absolute atomic E-state index is 7.68. The molecule has 1 aromatic rings. The molecule has 2 atom stereocenters. The van der Waals surface area contributed by atoms with Gasteiger partial charge in [0.05, 0.1) is 7.11 Å². The molecule has 0 bridgehead atoms. The number of nitrogens with two attached hydrogens (primary N) is 1. The minimum atomic E-state index is 0.133. The van der Waals surface area contributed by atoms with Crippen LogP contribution in [0.3, 0.4) is 0 Å². The van der Waals surface area contributed by atoms with Gasteiger partial charge in [-0.25, -0.2) is 0 Å². The molecule has 0 aliphatic heterocycles. The number of hydrogen-bond donors (Lipinski definition) is 2. The summed E-state index contributed by atoms with van der Waals surface area (Å²) in [6.07, 6.45) is 5.15. The molecule has 0 aromatic heterocycles. The summed E-state index contributed by atoms with van der Waals surface area (Å²) in [4.78, 5) is 1.07. The molecule has 0 radical (unpaired) electrons. The summed E-state index contributed by atoms with van der Waals surface area (Å²) in [7, 11) is 1.67. The van der Waals surface area contributed by atoms with Crippen molar-refractivity contribution >= 4 is 17.6 Å². The second-order valence-electron chi connectivity index (χ2n) is 5.29. The Kier molecular flexibility index (Phi) is 4.75. The molecule has 3 N–H and O–H groups in total. The minimum absolute atomic E-state index is 0.133. The highest BCUT2D eigenvalue weighted by molar-refractivity contribution is 8.00. The van der Waals surface area contributed by atoms with E-state index < -0.39 is 0 Å². The van der Waals surface area contributed by atoms with Crippen molar-refractivity contribution in [3.63, 3.8) is 0 Å². The number of nitrogen functional groups attached to an aromatic ring is 1. The first-order valence-corrected chi connectivity index (χ1v) is 7.67. The fraction of sp³-hybridized carbons (Fsp3) is 0.533. The minimum Gasteiger partial charge on any atom is -0.497 e. The molecule has 19 heavy (non-hydrogen) atoms. The highest BCUT2D eigenvalue weighted by atomic mass is 32.2. The van der Waals surface area contributed by atoms with Gasteiger partial charge >= 0.3 is 0 Å². The van der Waals surface area contributed by atoms with Gasteiger partial charge in [0.1, 0.15) is 11.6 Å². The third kappa shape index (κ3) is 3.66. The van der Waals surface area contributed by atoms with Gasteiger partial charge in [-0.15, -0.1) is 11.8 Å². The molecule has 0 saturated heterocycles. The first-order chi connectivity index (χ1) is 9.10. The summed E-state index contributed by atoms with van der Waals surface area (Å²) >= 11 is 1.85. The standard InChI is InChI=1S/C15H22N2OS/c1-10-4-3-5-12(8-10)19-14-9-11(18-2)6-7-13(14)15(16)17/h6-7,9-10,12H,3-5,8H2,1-2H3,(H3,16,17). The van der Waals surface area contributed by atoms with Crippen LogP contribution < -0.4 is 10.5 Å². The van der Waals surface area contributed by atoms with Gasteiger partial charge in [0, 0.05) is 15.7 Å². The third-order valence-corrected chi connectivity index (χ3v) is 5.01. The Bertz CT molecular complexity index is 461. The van der Waals surface area contributed by atoms with E-state index in [9.17, 15) is 0 Å². The van der Waals surface area contributed by atoms with Crippen LogP contribution in [0.4, 0.5) is 0 Å². The number of nitrogens with one attached hydrogen (secondary N) is 1. The van der Waals surface area contributed by atoms with E-state index in [2.05, 4.69) is 6.92 Å². The highest BCUT2D eigenvalue weighted by Crippen LogP contribution is 2.38. The fourth-order valence-electron chi connectivity index (χ4n) is 2.61. The third-order valence-electron chi connectivity index (χ3n) is 3.66. The van der Waals surface area contributed by atoms with Gasteiger partial charge in [0.2, 0.25) is 0 Å². The first kappa shape index (κ1) is 14.3. The normalized spacial score (nSPS) is 23.1. The zero-order chi connectivity index (χ0) is 13.8. The molecule has 0 amide bonds. The molecule has 1 fully saturated rings. The van der Waals surface area contributed by atoms with Crippen LogP contribution >= 0.6 is 11.8 Å². The molecule has 1 aliphatic rings. The first-order valence-electron chi connectivity index (χ1n) is 6.79. The van der Waals surface area contributed by atoms with Crippen LogP contribution in [0, 0.1) is 11.3 Å². The van der Waals surface area contributed by atoms with E-state index in [0.29, 0.717) is 5.25 Å². The fourth-order valence-corrected chi connectivity index (χ4v) is 4.17. The quantitative estimate of drug-likeness (QED) is 0.653. The van der Waals surface area contributed by atoms with Crippen molar-refractivity contribution < 1.29 is 4.74 Å². The van der Waals surface area contributed by atoms with Gasteiger partial charge in [-0.2, -0.15) is 0 Å². The molecule has 1 aromatic carbocycles. The van der Waals surface area contributed by atoms with Crippen molar-refractivity contribution in [2.75, 3.05) is 7.11 Å². The Balaban J connectivity index is 2.19. The number of ether oxygens (including phenoxy) is 1. The van der Waals surface area contributed by atoms with Crippen molar-refractivity contribution in [3.05, 3.63) is 23.8 Å². The van der Waals surface area contributed by atoms with E-state index in [1.54, 1.807) is 7.11 Å². The molecule has 4 heteroatoms. The lowest BCUT2D eigenvalue weighted by Gasteiger charge is -2.26. The number of methoxy groups -OCH3 is 1. The predicted molar refractivity (Wildman–Crippen MR) is 81.3 cm³/mol. The van der Waals surface area contributed by atoms with E-state index in [1.165, 1.54) is 25.7 Å². The van der Waals surface area contributed by atoms with Crippen LogP contribution in [0.1, 0.15) is 38.2 Å². The molecule has 2 rings (SSSR count). The van der Waals surface area contributed by atoms with E-state index in [4.69, 9.17) is 15.9 Å². The Morgan fingerprint density at radius 3 is 2.84 bits per heavy atom. The molecule has 0 spiro atoms. The van der Waals surface area contributed by atoms with E-state index in [1.807, 2.05) is 30.0 Å². The summed E-state index contributed by atoms with van der Waals surface area (Å²) in [5.41, 5.74) is 6.49. The molecule has 2 unspecified atom stereocenters.